The second-order valence-corrected chi connectivity index (χ2v) is 11.7. The SMILES string of the molecule is CCOc1cccc(-c2cc(C(=O)N3CCN(c4ccc(C(=O)Nc5ccc(OC)cc5)nn4)CC3)cc(C(C)(C)C)c2)c1. The molecule has 9 heteroatoms. The fraction of sp³-hybridized carbons (Fsp3) is 0.314. The number of anilines is 2. The Balaban J connectivity index is 1.25. The molecule has 0 atom stereocenters. The van der Waals surface area contributed by atoms with Crippen LogP contribution in [0.15, 0.2) is 78.9 Å². The monoisotopic (exact) mass is 593 g/mol. The second-order valence-electron chi connectivity index (χ2n) is 11.7. The van der Waals surface area contributed by atoms with Crippen molar-refractivity contribution >= 4 is 23.3 Å². The van der Waals surface area contributed by atoms with E-state index in [1.165, 1.54) is 0 Å². The van der Waals surface area contributed by atoms with Gasteiger partial charge in [-0.15, -0.1) is 10.2 Å². The van der Waals surface area contributed by atoms with Gasteiger partial charge in [0.2, 0.25) is 0 Å². The van der Waals surface area contributed by atoms with Crippen molar-refractivity contribution in [3.8, 4) is 22.6 Å². The van der Waals surface area contributed by atoms with E-state index in [1.807, 2.05) is 48.2 Å². The van der Waals surface area contributed by atoms with Crippen molar-refractivity contribution in [3.63, 3.8) is 0 Å². The largest absolute Gasteiger partial charge is 0.497 e. The fourth-order valence-electron chi connectivity index (χ4n) is 5.09. The normalized spacial score (nSPS) is 13.4. The second kappa shape index (κ2) is 13.2. The highest BCUT2D eigenvalue weighted by Crippen LogP contribution is 2.32. The first-order valence-corrected chi connectivity index (χ1v) is 14.9. The number of benzene rings is 3. The molecule has 4 aromatic rings. The Kier molecular flexibility index (Phi) is 9.13. The molecule has 0 radical (unpaired) electrons. The molecule has 9 nitrogen and oxygen atoms in total. The first kappa shape index (κ1) is 30.5. The van der Waals surface area contributed by atoms with E-state index < -0.39 is 0 Å². The van der Waals surface area contributed by atoms with Gasteiger partial charge in [0, 0.05) is 37.4 Å². The van der Waals surface area contributed by atoms with Crippen LogP contribution in [0.5, 0.6) is 11.5 Å². The fourth-order valence-corrected chi connectivity index (χ4v) is 5.09. The first-order valence-electron chi connectivity index (χ1n) is 14.9. The molecule has 0 unspecified atom stereocenters. The van der Waals surface area contributed by atoms with E-state index in [9.17, 15) is 9.59 Å². The van der Waals surface area contributed by atoms with Crippen molar-refractivity contribution in [1.82, 2.24) is 15.1 Å². The van der Waals surface area contributed by atoms with Gasteiger partial charge in [-0.05, 0) is 89.7 Å². The summed E-state index contributed by atoms with van der Waals surface area (Å²) in [6.07, 6.45) is 0. The number of ether oxygens (including phenoxy) is 2. The molecule has 228 valence electrons. The molecular formula is C35H39N5O4. The minimum absolute atomic E-state index is 0.00889. The Hall–Kier alpha value is -4.92. The molecular weight excluding hydrogens is 554 g/mol. The minimum Gasteiger partial charge on any atom is -0.497 e. The number of carbonyl (C=O) groups is 2. The number of nitrogens with zero attached hydrogens (tertiary/aromatic N) is 4. The van der Waals surface area contributed by atoms with E-state index in [2.05, 4.69) is 47.3 Å². The van der Waals surface area contributed by atoms with Crippen LogP contribution >= 0.6 is 0 Å². The van der Waals surface area contributed by atoms with E-state index in [1.54, 1.807) is 43.5 Å². The number of carbonyl (C=O) groups excluding carboxylic acids is 2. The zero-order valence-corrected chi connectivity index (χ0v) is 26.0. The third-order valence-corrected chi connectivity index (χ3v) is 7.65. The molecule has 3 aromatic carbocycles. The maximum Gasteiger partial charge on any atom is 0.276 e. The van der Waals surface area contributed by atoms with Crippen LogP contribution in [0.4, 0.5) is 11.5 Å². The molecule has 1 aliphatic rings. The number of amides is 2. The van der Waals surface area contributed by atoms with Crippen LogP contribution in [0.1, 0.15) is 54.1 Å². The average molecular weight is 594 g/mol. The van der Waals surface area contributed by atoms with Gasteiger partial charge < -0.3 is 24.6 Å². The van der Waals surface area contributed by atoms with Gasteiger partial charge in [0.1, 0.15) is 11.5 Å². The van der Waals surface area contributed by atoms with Crippen LogP contribution in [0.2, 0.25) is 0 Å². The number of rotatable bonds is 8. The Morgan fingerprint density at radius 2 is 1.59 bits per heavy atom. The van der Waals surface area contributed by atoms with Crippen LogP contribution in [-0.2, 0) is 5.41 Å². The smallest absolute Gasteiger partial charge is 0.276 e. The van der Waals surface area contributed by atoms with E-state index in [4.69, 9.17) is 9.47 Å². The van der Waals surface area contributed by atoms with Gasteiger partial charge in [0.25, 0.3) is 11.8 Å². The van der Waals surface area contributed by atoms with Crippen molar-refractivity contribution in [1.29, 1.82) is 0 Å². The number of aromatic nitrogens is 2. The first-order chi connectivity index (χ1) is 21.1. The molecule has 0 saturated carbocycles. The van der Waals surface area contributed by atoms with Crippen molar-refractivity contribution in [3.05, 3.63) is 95.7 Å². The highest BCUT2D eigenvalue weighted by molar-refractivity contribution is 6.02. The topological polar surface area (TPSA) is 96.9 Å². The zero-order valence-electron chi connectivity index (χ0n) is 26.0. The minimum atomic E-state index is -0.342. The predicted octanol–water partition coefficient (Wildman–Crippen LogP) is 6.06. The summed E-state index contributed by atoms with van der Waals surface area (Å²) in [5.74, 6) is 1.86. The number of nitrogens with one attached hydrogen (secondary N) is 1. The van der Waals surface area contributed by atoms with Gasteiger partial charge in [0.05, 0.1) is 13.7 Å². The summed E-state index contributed by atoms with van der Waals surface area (Å²) in [5.41, 5.74) is 4.52. The Morgan fingerprint density at radius 3 is 2.23 bits per heavy atom. The molecule has 1 saturated heterocycles. The maximum absolute atomic E-state index is 13.8. The number of piperazine rings is 1. The number of hydrogen-bond donors (Lipinski definition) is 1. The molecule has 0 spiro atoms. The van der Waals surface area contributed by atoms with Gasteiger partial charge in [-0.1, -0.05) is 39.0 Å². The predicted molar refractivity (Wildman–Crippen MR) is 173 cm³/mol. The molecule has 0 bridgehead atoms. The summed E-state index contributed by atoms with van der Waals surface area (Å²) in [6.45, 7) is 11.4. The van der Waals surface area contributed by atoms with Crippen molar-refractivity contribution in [2.45, 2.75) is 33.1 Å². The molecule has 1 aliphatic heterocycles. The van der Waals surface area contributed by atoms with E-state index in [0.717, 1.165) is 22.4 Å². The molecule has 5 rings (SSSR count). The Labute approximate surface area is 258 Å². The molecule has 0 aliphatic carbocycles. The number of methoxy groups -OCH3 is 1. The lowest BCUT2D eigenvalue weighted by atomic mass is 9.84. The lowest BCUT2D eigenvalue weighted by molar-refractivity contribution is 0.0746. The molecule has 1 fully saturated rings. The standard InChI is InChI=1S/C35H39N5O4/c1-6-44-30-9-7-8-24(23-30)25-20-26(22-27(21-25)35(2,3)4)34(42)40-18-16-39(17-19-40)32-15-14-31(37-38-32)33(41)36-28-10-12-29(43-5)13-11-28/h7-15,20-23H,6,16-19H2,1-5H3,(H,36,41). The van der Waals surface area contributed by atoms with Crippen molar-refractivity contribution in [2.24, 2.45) is 0 Å². The third kappa shape index (κ3) is 7.16. The number of hydrogen-bond acceptors (Lipinski definition) is 7. The van der Waals surface area contributed by atoms with E-state index in [0.29, 0.717) is 55.6 Å². The van der Waals surface area contributed by atoms with Gasteiger partial charge in [-0.3, -0.25) is 9.59 Å². The Morgan fingerprint density at radius 1 is 0.841 bits per heavy atom. The summed E-state index contributed by atoms with van der Waals surface area (Å²) >= 11 is 0. The molecule has 2 amide bonds. The van der Waals surface area contributed by atoms with Crippen LogP contribution < -0.4 is 19.7 Å². The van der Waals surface area contributed by atoms with Gasteiger partial charge in [0.15, 0.2) is 11.5 Å². The van der Waals surface area contributed by atoms with Gasteiger partial charge in [-0.25, -0.2) is 0 Å². The highest BCUT2D eigenvalue weighted by Gasteiger charge is 2.25. The van der Waals surface area contributed by atoms with E-state index in [-0.39, 0.29) is 22.9 Å². The van der Waals surface area contributed by atoms with E-state index >= 15 is 0 Å². The lowest BCUT2D eigenvalue weighted by Crippen LogP contribution is -2.49. The summed E-state index contributed by atoms with van der Waals surface area (Å²) in [6, 6.07) is 24.7. The highest BCUT2D eigenvalue weighted by atomic mass is 16.5. The zero-order chi connectivity index (χ0) is 31.3. The van der Waals surface area contributed by atoms with Crippen LogP contribution in [0, 0.1) is 0 Å². The molecule has 44 heavy (non-hydrogen) atoms. The van der Waals surface area contributed by atoms with Crippen molar-refractivity contribution < 1.29 is 19.1 Å². The third-order valence-electron chi connectivity index (χ3n) is 7.65. The van der Waals surface area contributed by atoms with Gasteiger partial charge >= 0.3 is 0 Å². The molecule has 1 N–H and O–H groups in total. The van der Waals surface area contributed by atoms with Crippen LogP contribution in [-0.4, -0.2) is 66.8 Å². The molecule has 2 heterocycles. The summed E-state index contributed by atoms with van der Waals surface area (Å²) < 4.78 is 10.9. The van der Waals surface area contributed by atoms with Crippen LogP contribution in [0.3, 0.4) is 0 Å². The summed E-state index contributed by atoms with van der Waals surface area (Å²) in [5, 5.41) is 11.3. The summed E-state index contributed by atoms with van der Waals surface area (Å²) in [4.78, 5) is 30.4. The quantitative estimate of drug-likeness (QED) is 0.265. The summed E-state index contributed by atoms with van der Waals surface area (Å²) in [7, 11) is 1.59. The van der Waals surface area contributed by atoms with Gasteiger partial charge in [-0.2, -0.15) is 0 Å². The van der Waals surface area contributed by atoms with Crippen LogP contribution in [0.25, 0.3) is 11.1 Å². The van der Waals surface area contributed by atoms with Crippen molar-refractivity contribution in [2.75, 3.05) is 50.1 Å². The average Bonchev–Trinajstić information content (AvgIpc) is 3.04. The lowest BCUT2D eigenvalue weighted by Gasteiger charge is -2.35. The molecule has 1 aromatic heterocycles. The maximum atomic E-state index is 13.8. The Bertz CT molecular complexity index is 1610.